The number of nitrogens with zero attached hydrogens (tertiary/aromatic N) is 5. The van der Waals surface area contributed by atoms with E-state index in [-0.39, 0.29) is 6.03 Å². The minimum absolute atomic E-state index is 0.0743. The van der Waals surface area contributed by atoms with Gasteiger partial charge in [-0.05, 0) is 6.42 Å². The van der Waals surface area contributed by atoms with Crippen LogP contribution in [0, 0.1) is 0 Å². The zero-order valence-corrected chi connectivity index (χ0v) is 11.7. The maximum Gasteiger partial charge on any atom is 0.321 e. The molecule has 2 aromatic heterocycles. The number of anilines is 1. The molecular formula is C13H18N6O. The molecule has 3 rings (SSSR count). The van der Waals surface area contributed by atoms with Gasteiger partial charge >= 0.3 is 6.03 Å². The van der Waals surface area contributed by atoms with Gasteiger partial charge in [-0.25, -0.2) is 9.78 Å². The molecule has 1 aliphatic heterocycles. The fourth-order valence-electron chi connectivity index (χ4n) is 2.61. The number of hydrogen-bond acceptors (Lipinski definition) is 3. The van der Waals surface area contributed by atoms with Crippen LogP contribution in [-0.4, -0.2) is 43.4 Å². The van der Waals surface area contributed by atoms with Crippen molar-refractivity contribution < 1.29 is 4.79 Å². The summed E-state index contributed by atoms with van der Waals surface area (Å²) in [6.45, 7) is 1.46. The first-order valence-corrected chi connectivity index (χ1v) is 6.65. The molecule has 106 valence electrons. The summed E-state index contributed by atoms with van der Waals surface area (Å²) in [5.41, 5.74) is 0.720. The van der Waals surface area contributed by atoms with Crippen molar-refractivity contribution in [3.8, 4) is 0 Å². The number of carbonyl (C=O) groups is 1. The summed E-state index contributed by atoms with van der Waals surface area (Å²) in [6, 6.07) is -0.0743. The zero-order chi connectivity index (χ0) is 14.1. The Morgan fingerprint density at radius 2 is 2.30 bits per heavy atom. The largest absolute Gasteiger partial charge is 0.338 e. The summed E-state index contributed by atoms with van der Waals surface area (Å²) in [7, 11) is 3.81. The number of hydrogen-bond donors (Lipinski definition) is 1. The summed E-state index contributed by atoms with van der Waals surface area (Å²) >= 11 is 0. The van der Waals surface area contributed by atoms with E-state index >= 15 is 0 Å². The van der Waals surface area contributed by atoms with E-state index < -0.39 is 0 Å². The lowest BCUT2D eigenvalue weighted by Gasteiger charge is -2.16. The molecule has 0 spiro atoms. The highest BCUT2D eigenvalue weighted by Gasteiger charge is 2.29. The number of aromatic nitrogens is 4. The number of rotatable bonds is 2. The average molecular weight is 274 g/mol. The molecule has 1 saturated heterocycles. The van der Waals surface area contributed by atoms with Crippen LogP contribution in [0.3, 0.4) is 0 Å². The minimum atomic E-state index is -0.0743. The smallest absolute Gasteiger partial charge is 0.321 e. The van der Waals surface area contributed by atoms with Gasteiger partial charge in [0, 0.05) is 51.7 Å². The van der Waals surface area contributed by atoms with Crippen molar-refractivity contribution in [1.29, 1.82) is 0 Å². The molecule has 20 heavy (non-hydrogen) atoms. The van der Waals surface area contributed by atoms with Crippen LogP contribution < -0.4 is 5.32 Å². The van der Waals surface area contributed by atoms with Gasteiger partial charge in [0.1, 0.15) is 5.82 Å². The van der Waals surface area contributed by atoms with Gasteiger partial charge in [-0.1, -0.05) is 0 Å². The maximum atomic E-state index is 12.2. The first-order valence-electron chi connectivity index (χ1n) is 6.65. The Kier molecular flexibility index (Phi) is 3.17. The molecule has 7 heteroatoms. The van der Waals surface area contributed by atoms with E-state index in [2.05, 4.69) is 15.4 Å². The lowest BCUT2D eigenvalue weighted by atomic mass is 10.1. The zero-order valence-electron chi connectivity index (χ0n) is 11.7. The van der Waals surface area contributed by atoms with Gasteiger partial charge < -0.3 is 14.8 Å². The predicted octanol–water partition coefficient (Wildman–Crippen LogP) is 1.17. The molecule has 3 heterocycles. The van der Waals surface area contributed by atoms with Crippen molar-refractivity contribution in [3.63, 3.8) is 0 Å². The first kappa shape index (κ1) is 12.7. The van der Waals surface area contributed by atoms with Crippen molar-refractivity contribution in [1.82, 2.24) is 24.2 Å². The number of urea groups is 1. The molecule has 1 unspecified atom stereocenters. The summed E-state index contributed by atoms with van der Waals surface area (Å²) < 4.78 is 3.68. The highest BCUT2D eigenvalue weighted by Crippen LogP contribution is 2.26. The van der Waals surface area contributed by atoms with Crippen molar-refractivity contribution in [3.05, 3.63) is 30.6 Å². The van der Waals surface area contributed by atoms with Crippen molar-refractivity contribution in [2.24, 2.45) is 14.1 Å². The number of aryl methyl sites for hydroxylation is 2. The van der Waals surface area contributed by atoms with Gasteiger partial charge in [-0.15, -0.1) is 0 Å². The van der Waals surface area contributed by atoms with Crippen LogP contribution in [0.25, 0.3) is 0 Å². The number of imidazole rings is 1. The van der Waals surface area contributed by atoms with Gasteiger partial charge in [-0.2, -0.15) is 5.10 Å². The molecule has 7 nitrogen and oxygen atoms in total. The lowest BCUT2D eigenvalue weighted by molar-refractivity contribution is 0.222. The topological polar surface area (TPSA) is 68.0 Å². The SMILES string of the molecule is Cn1cc(NC(=O)N2CCC(c3nccn3C)C2)cn1. The third-order valence-electron chi connectivity index (χ3n) is 3.66. The molecular weight excluding hydrogens is 256 g/mol. The predicted molar refractivity (Wildman–Crippen MR) is 74.4 cm³/mol. The Balaban J connectivity index is 1.62. The summed E-state index contributed by atoms with van der Waals surface area (Å²) in [5, 5.41) is 6.90. The second kappa shape index (κ2) is 4.99. The monoisotopic (exact) mass is 274 g/mol. The maximum absolute atomic E-state index is 12.2. The molecule has 0 saturated carbocycles. The highest BCUT2D eigenvalue weighted by molar-refractivity contribution is 5.89. The fraction of sp³-hybridized carbons (Fsp3) is 0.462. The third-order valence-corrected chi connectivity index (χ3v) is 3.66. The third kappa shape index (κ3) is 2.38. The number of likely N-dealkylation sites (tertiary alicyclic amines) is 1. The Hall–Kier alpha value is -2.31. The van der Waals surface area contributed by atoms with E-state index in [1.54, 1.807) is 23.3 Å². The summed E-state index contributed by atoms with van der Waals surface area (Å²) in [4.78, 5) is 18.4. The van der Waals surface area contributed by atoms with Crippen LogP contribution in [0.4, 0.5) is 10.5 Å². The molecule has 0 aromatic carbocycles. The second-order valence-corrected chi connectivity index (χ2v) is 5.16. The van der Waals surface area contributed by atoms with Crippen LogP contribution in [-0.2, 0) is 14.1 Å². The molecule has 1 N–H and O–H groups in total. The van der Waals surface area contributed by atoms with Gasteiger partial charge in [0.25, 0.3) is 0 Å². The van der Waals surface area contributed by atoms with Crippen LogP contribution in [0.2, 0.25) is 0 Å². The molecule has 1 aliphatic rings. The van der Waals surface area contributed by atoms with Crippen molar-refractivity contribution in [2.75, 3.05) is 18.4 Å². The van der Waals surface area contributed by atoms with Crippen LogP contribution in [0.15, 0.2) is 24.8 Å². The van der Waals surface area contributed by atoms with Crippen LogP contribution in [0.5, 0.6) is 0 Å². The van der Waals surface area contributed by atoms with Gasteiger partial charge in [-0.3, -0.25) is 4.68 Å². The van der Waals surface area contributed by atoms with E-state index in [4.69, 9.17) is 0 Å². The molecule has 2 amide bonds. The van der Waals surface area contributed by atoms with E-state index in [0.29, 0.717) is 12.5 Å². The first-order chi connectivity index (χ1) is 9.63. The Morgan fingerprint density at radius 1 is 1.45 bits per heavy atom. The van der Waals surface area contributed by atoms with Gasteiger partial charge in [0.05, 0.1) is 11.9 Å². The van der Waals surface area contributed by atoms with Gasteiger partial charge in [0.15, 0.2) is 0 Å². The molecule has 0 radical (unpaired) electrons. The normalized spacial score (nSPS) is 18.5. The quantitative estimate of drug-likeness (QED) is 0.894. The van der Waals surface area contributed by atoms with Gasteiger partial charge in [0.2, 0.25) is 0 Å². The van der Waals surface area contributed by atoms with Crippen LogP contribution in [0.1, 0.15) is 18.2 Å². The molecule has 0 bridgehead atoms. The second-order valence-electron chi connectivity index (χ2n) is 5.16. The number of carbonyl (C=O) groups excluding carboxylic acids is 1. The minimum Gasteiger partial charge on any atom is -0.338 e. The lowest BCUT2D eigenvalue weighted by Crippen LogP contribution is -2.32. The van der Waals surface area contributed by atoms with Crippen molar-refractivity contribution in [2.45, 2.75) is 12.3 Å². The average Bonchev–Trinajstić information content (AvgIpc) is 3.10. The van der Waals surface area contributed by atoms with E-state index in [1.807, 2.05) is 29.8 Å². The van der Waals surface area contributed by atoms with E-state index in [9.17, 15) is 4.79 Å². The number of nitrogens with one attached hydrogen (secondary N) is 1. The Bertz CT molecular complexity index is 616. The highest BCUT2D eigenvalue weighted by atomic mass is 16.2. The Labute approximate surface area is 117 Å². The van der Waals surface area contributed by atoms with Crippen molar-refractivity contribution >= 4 is 11.7 Å². The fourth-order valence-corrected chi connectivity index (χ4v) is 2.61. The molecule has 1 fully saturated rings. The Morgan fingerprint density at radius 3 is 2.95 bits per heavy atom. The van der Waals surface area contributed by atoms with E-state index in [1.165, 1.54) is 0 Å². The number of amides is 2. The van der Waals surface area contributed by atoms with E-state index in [0.717, 1.165) is 24.5 Å². The molecule has 2 aromatic rings. The van der Waals surface area contributed by atoms with Crippen LogP contribution >= 0.6 is 0 Å². The molecule has 1 atom stereocenters. The standard InChI is InChI=1S/C13H18N6O/c1-17-6-4-14-12(17)10-3-5-19(8-10)13(20)16-11-7-15-18(2)9-11/h4,6-7,9-10H,3,5,8H2,1-2H3,(H,16,20). The molecule has 0 aliphatic carbocycles. The summed E-state index contributed by atoms with van der Waals surface area (Å²) in [6.07, 6.45) is 8.11. The summed E-state index contributed by atoms with van der Waals surface area (Å²) in [5.74, 6) is 1.36.